The molecule has 0 amide bonds. The van der Waals surface area contributed by atoms with Crippen molar-refractivity contribution in [1.82, 2.24) is 4.98 Å². The van der Waals surface area contributed by atoms with Crippen molar-refractivity contribution in [2.75, 3.05) is 5.73 Å². The lowest BCUT2D eigenvalue weighted by molar-refractivity contribution is 1.29. The number of hydrogen-bond donors (Lipinski definition) is 1. The van der Waals surface area contributed by atoms with Crippen molar-refractivity contribution >= 4 is 17.8 Å². The van der Waals surface area contributed by atoms with Crippen molar-refractivity contribution in [3.05, 3.63) is 29.3 Å². The highest BCUT2D eigenvalue weighted by molar-refractivity contribution is 5.77. The molecule has 0 atom stereocenters. The van der Waals surface area contributed by atoms with E-state index in [-0.39, 0.29) is 0 Å². The third-order valence-corrected chi connectivity index (χ3v) is 1.50. The highest BCUT2D eigenvalue weighted by Crippen LogP contribution is 2.20. The number of aromatic nitrogens is 1. The summed E-state index contributed by atoms with van der Waals surface area (Å²) in [7, 11) is 0. The van der Waals surface area contributed by atoms with E-state index in [1.54, 1.807) is 12.3 Å². The lowest BCUT2D eigenvalue weighted by Gasteiger charge is -1.97. The maximum atomic E-state index is 5.64. The second kappa shape index (κ2) is 1.72. The zero-order chi connectivity index (χ0) is 6.97. The molecule has 0 fully saturated rings. The molecule has 0 aliphatic heterocycles. The Morgan fingerprint density at radius 2 is 2.30 bits per heavy atom. The van der Waals surface area contributed by atoms with Crippen LogP contribution in [-0.2, 0) is 0 Å². The maximum Gasteiger partial charge on any atom is 0.0805 e. The van der Waals surface area contributed by atoms with Crippen LogP contribution in [0, 0.1) is 0 Å². The number of nitrogens with zero attached hydrogens (tertiary/aromatic N) is 1. The van der Waals surface area contributed by atoms with Gasteiger partial charge in [-0.05, 0) is 12.1 Å². The largest absolute Gasteiger partial charge is 0.398 e. The van der Waals surface area contributed by atoms with Crippen molar-refractivity contribution < 1.29 is 0 Å². The molecule has 1 aliphatic carbocycles. The molecule has 2 nitrogen and oxygen atoms in total. The highest BCUT2D eigenvalue weighted by atomic mass is 14.7. The minimum absolute atomic E-state index is 0.770. The molecule has 10 heavy (non-hydrogen) atoms. The molecule has 0 aromatic carbocycles. The Hall–Kier alpha value is -1.53. The van der Waals surface area contributed by atoms with Crippen LogP contribution in [0.3, 0.4) is 0 Å². The van der Waals surface area contributed by atoms with Gasteiger partial charge < -0.3 is 5.73 Å². The van der Waals surface area contributed by atoms with E-state index in [9.17, 15) is 0 Å². The van der Waals surface area contributed by atoms with Crippen molar-refractivity contribution in [2.24, 2.45) is 0 Å². The second-order valence-corrected chi connectivity index (χ2v) is 2.15. The topological polar surface area (TPSA) is 38.9 Å². The van der Waals surface area contributed by atoms with Gasteiger partial charge in [0.1, 0.15) is 0 Å². The van der Waals surface area contributed by atoms with E-state index in [0.717, 1.165) is 16.9 Å². The van der Waals surface area contributed by atoms with Gasteiger partial charge in [0, 0.05) is 23.5 Å². The van der Waals surface area contributed by atoms with E-state index in [1.807, 2.05) is 12.2 Å². The first-order valence-corrected chi connectivity index (χ1v) is 3.05. The van der Waals surface area contributed by atoms with Gasteiger partial charge in [0.25, 0.3) is 0 Å². The molecule has 2 heteroatoms. The van der Waals surface area contributed by atoms with E-state index in [1.165, 1.54) is 0 Å². The Kier molecular flexibility index (Phi) is 0.908. The molecule has 2 N–H and O–H groups in total. The van der Waals surface area contributed by atoms with Gasteiger partial charge in [0.05, 0.1) is 5.69 Å². The summed E-state index contributed by atoms with van der Waals surface area (Å²) in [5, 5.41) is 0. The third kappa shape index (κ3) is 0.567. The molecular formula is C8H6N2. The molecule has 2 rings (SSSR count). The Bertz CT molecular complexity index is 333. The van der Waals surface area contributed by atoms with Gasteiger partial charge in [-0.1, -0.05) is 0 Å². The molecular weight excluding hydrogens is 124 g/mol. The first-order chi connectivity index (χ1) is 4.88. The second-order valence-electron chi connectivity index (χ2n) is 2.15. The van der Waals surface area contributed by atoms with Crippen molar-refractivity contribution in [3.63, 3.8) is 0 Å². The van der Waals surface area contributed by atoms with E-state index in [2.05, 4.69) is 10.7 Å². The first kappa shape index (κ1) is 5.27. The smallest absolute Gasteiger partial charge is 0.0805 e. The van der Waals surface area contributed by atoms with Crippen LogP contribution in [0.15, 0.2) is 18.0 Å². The molecule has 0 saturated heterocycles. The van der Waals surface area contributed by atoms with Crippen molar-refractivity contribution in [2.45, 2.75) is 0 Å². The van der Waals surface area contributed by atoms with E-state index in [0.29, 0.717) is 0 Å². The molecule has 0 spiro atoms. The minimum atomic E-state index is 0.770. The summed E-state index contributed by atoms with van der Waals surface area (Å²) in [6.07, 6.45) is 5.37. The van der Waals surface area contributed by atoms with Crippen LogP contribution in [-0.4, -0.2) is 4.98 Å². The Morgan fingerprint density at radius 1 is 1.40 bits per heavy atom. The molecule has 48 valence electrons. The lowest BCUT2D eigenvalue weighted by Crippen LogP contribution is -1.91. The fraction of sp³-hybridized carbons (Fsp3) is 0. The van der Waals surface area contributed by atoms with Gasteiger partial charge in [-0.3, -0.25) is 4.98 Å². The van der Waals surface area contributed by atoms with Crippen LogP contribution < -0.4 is 5.73 Å². The zero-order valence-electron chi connectivity index (χ0n) is 5.33. The summed E-state index contributed by atoms with van der Waals surface area (Å²) in [6, 6.07) is 1.79. The SMILES string of the molecule is Nc1ccnc2c1C=C=C2. The summed E-state index contributed by atoms with van der Waals surface area (Å²) >= 11 is 0. The monoisotopic (exact) mass is 130 g/mol. The van der Waals surface area contributed by atoms with Gasteiger partial charge in [0.2, 0.25) is 0 Å². The van der Waals surface area contributed by atoms with Gasteiger partial charge in [-0.2, -0.15) is 0 Å². The Balaban J connectivity index is 2.75. The lowest BCUT2D eigenvalue weighted by atomic mass is 10.2. The standard InChI is InChI=1S/C8H6N2/c9-7-4-5-10-8-3-1-2-6(7)8/h2-5H,(H2,9,10). The van der Waals surface area contributed by atoms with E-state index < -0.39 is 0 Å². The van der Waals surface area contributed by atoms with Crippen LogP contribution in [0.25, 0.3) is 12.2 Å². The summed E-state index contributed by atoms with van der Waals surface area (Å²) < 4.78 is 0. The van der Waals surface area contributed by atoms with E-state index in [4.69, 9.17) is 5.73 Å². The fourth-order valence-electron chi connectivity index (χ4n) is 0.981. The number of fused-ring (bicyclic) bond motifs is 1. The van der Waals surface area contributed by atoms with Gasteiger partial charge in [-0.25, -0.2) is 0 Å². The molecule has 0 saturated carbocycles. The number of rotatable bonds is 0. The molecule has 1 aromatic rings. The van der Waals surface area contributed by atoms with Crippen molar-refractivity contribution in [1.29, 1.82) is 0 Å². The number of pyridine rings is 1. The zero-order valence-corrected chi connectivity index (χ0v) is 5.33. The molecule has 0 radical (unpaired) electrons. The Morgan fingerprint density at radius 3 is 3.10 bits per heavy atom. The number of hydrogen-bond acceptors (Lipinski definition) is 2. The molecule has 1 aliphatic rings. The van der Waals surface area contributed by atoms with Crippen LogP contribution in [0.4, 0.5) is 5.69 Å². The summed E-state index contributed by atoms with van der Waals surface area (Å²) in [4.78, 5) is 4.09. The number of anilines is 1. The Labute approximate surface area is 58.7 Å². The van der Waals surface area contributed by atoms with Crippen LogP contribution in [0.2, 0.25) is 0 Å². The van der Waals surface area contributed by atoms with E-state index >= 15 is 0 Å². The normalized spacial score (nSPS) is 12.0. The summed E-state index contributed by atoms with van der Waals surface area (Å²) in [6.45, 7) is 0. The fourth-order valence-corrected chi connectivity index (χ4v) is 0.981. The molecule has 0 bridgehead atoms. The van der Waals surface area contributed by atoms with Crippen LogP contribution >= 0.6 is 0 Å². The average Bonchev–Trinajstić information content (AvgIpc) is 2.36. The summed E-state index contributed by atoms with van der Waals surface area (Å²) in [5.74, 6) is 0. The maximum absolute atomic E-state index is 5.64. The quantitative estimate of drug-likeness (QED) is 0.546. The third-order valence-electron chi connectivity index (χ3n) is 1.50. The first-order valence-electron chi connectivity index (χ1n) is 3.05. The predicted octanol–water partition coefficient (Wildman–Crippen LogP) is 1.30. The van der Waals surface area contributed by atoms with Crippen LogP contribution in [0.5, 0.6) is 0 Å². The predicted molar refractivity (Wildman–Crippen MR) is 41.1 cm³/mol. The number of nitrogen functional groups attached to an aromatic ring is 1. The van der Waals surface area contributed by atoms with Gasteiger partial charge >= 0.3 is 0 Å². The molecule has 1 heterocycles. The summed E-state index contributed by atoms with van der Waals surface area (Å²) in [5.41, 5.74) is 11.3. The van der Waals surface area contributed by atoms with Crippen molar-refractivity contribution in [3.8, 4) is 0 Å². The molecule has 1 aromatic heterocycles. The highest BCUT2D eigenvalue weighted by Gasteiger charge is 2.03. The molecule has 0 unspecified atom stereocenters. The van der Waals surface area contributed by atoms with Gasteiger partial charge in [0.15, 0.2) is 0 Å². The number of nitrogens with two attached hydrogens (primary N) is 1. The van der Waals surface area contributed by atoms with Crippen LogP contribution in [0.1, 0.15) is 11.3 Å². The minimum Gasteiger partial charge on any atom is -0.398 e. The average molecular weight is 130 g/mol. The van der Waals surface area contributed by atoms with Gasteiger partial charge in [-0.15, -0.1) is 5.73 Å².